The molecule has 0 spiro atoms. The van der Waals surface area contributed by atoms with E-state index in [9.17, 15) is 40.6 Å². The maximum absolute atomic E-state index is 13.9. The van der Waals surface area contributed by atoms with Gasteiger partial charge in [-0.2, -0.15) is 36.7 Å². The summed E-state index contributed by atoms with van der Waals surface area (Å²) >= 11 is 12.3. The van der Waals surface area contributed by atoms with Crippen molar-refractivity contribution in [2.75, 3.05) is 25.2 Å². The third-order valence-electron chi connectivity index (χ3n) is 7.42. The standard InChI is InChI=1S/C27H26Cl2F6N4O8S/c1-24(2)43-10-16(45-24)18-20(19-15(9-42-18)46-25(3,4)47-19)44-23(40)38(5)22-21(48(41)27(33,34)35)14(8-36)37-39(22)17-12(28)6-11(7-13(17)29)26(30,31)32/h6-7,15-16,18-20H,9-10H2,1-5H3. The number of anilines is 1. The Kier molecular flexibility index (Phi) is 9.58. The lowest BCUT2D eigenvalue weighted by molar-refractivity contribution is -0.204. The predicted molar refractivity (Wildman–Crippen MR) is 153 cm³/mol. The lowest BCUT2D eigenvalue weighted by Gasteiger charge is -2.39. The van der Waals surface area contributed by atoms with E-state index in [1.807, 2.05) is 0 Å². The molecule has 0 radical (unpaired) electrons. The average Bonchev–Trinajstić information content (AvgIpc) is 3.61. The fourth-order valence-corrected chi connectivity index (χ4v) is 7.04. The molecule has 0 bridgehead atoms. The number of halogens is 8. The second-order valence-corrected chi connectivity index (χ2v) is 14.0. The van der Waals surface area contributed by atoms with Gasteiger partial charge in [0.05, 0.1) is 28.8 Å². The minimum absolute atomic E-state index is 0.00112. The summed E-state index contributed by atoms with van der Waals surface area (Å²) in [5, 5.41) is 11.8. The van der Waals surface area contributed by atoms with Crippen molar-refractivity contribution >= 4 is 45.9 Å². The van der Waals surface area contributed by atoms with E-state index in [1.54, 1.807) is 27.7 Å². The van der Waals surface area contributed by atoms with E-state index in [0.717, 1.165) is 7.05 Å². The molecule has 3 aliphatic rings. The summed E-state index contributed by atoms with van der Waals surface area (Å²) in [6, 6.07) is 2.18. The minimum atomic E-state index is -5.49. The number of alkyl halides is 6. The molecule has 12 nitrogen and oxygen atoms in total. The number of carbonyl (C=O) groups is 1. The lowest BCUT2D eigenvalue weighted by atomic mass is 9.96. The van der Waals surface area contributed by atoms with Crippen LogP contribution in [-0.2, 0) is 45.4 Å². The Hall–Kier alpha value is -2.70. The molecular formula is C27H26Cl2F6N4O8S. The van der Waals surface area contributed by atoms with Gasteiger partial charge in [0.2, 0.25) is 0 Å². The van der Waals surface area contributed by atoms with Crippen LogP contribution in [0.1, 0.15) is 39.0 Å². The molecule has 6 unspecified atom stereocenters. The number of ether oxygens (including phenoxy) is 6. The van der Waals surface area contributed by atoms with Crippen molar-refractivity contribution < 1.29 is 63.8 Å². The van der Waals surface area contributed by atoms with Crippen LogP contribution in [-0.4, -0.2) is 87.9 Å². The second-order valence-electron chi connectivity index (χ2n) is 11.7. The highest BCUT2D eigenvalue weighted by Crippen LogP contribution is 2.43. The molecule has 3 saturated heterocycles. The first-order valence-electron chi connectivity index (χ1n) is 13.9. The first-order chi connectivity index (χ1) is 22.0. The van der Waals surface area contributed by atoms with Crippen LogP contribution in [0.5, 0.6) is 0 Å². The highest BCUT2D eigenvalue weighted by Gasteiger charge is 2.57. The van der Waals surface area contributed by atoms with Gasteiger partial charge in [0.15, 0.2) is 40.0 Å². The third-order valence-corrected chi connectivity index (χ3v) is 9.17. The Morgan fingerprint density at radius 3 is 2.15 bits per heavy atom. The fraction of sp³-hybridized carbons (Fsp3) is 0.593. The van der Waals surface area contributed by atoms with Crippen molar-refractivity contribution in [3.63, 3.8) is 0 Å². The molecule has 1 aromatic carbocycles. The molecule has 2 aromatic rings. The zero-order valence-corrected chi connectivity index (χ0v) is 27.8. The molecule has 0 N–H and O–H groups in total. The Morgan fingerprint density at radius 1 is 1.04 bits per heavy atom. The maximum Gasteiger partial charge on any atom is 0.476 e. The Balaban J connectivity index is 1.61. The largest absolute Gasteiger partial charge is 0.476 e. The Bertz CT molecular complexity index is 1660. The number of hydrogen-bond donors (Lipinski definition) is 0. The van der Waals surface area contributed by atoms with Crippen LogP contribution in [0, 0.1) is 11.3 Å². The molecule has 1 aromatic heterocycles. The number of hydrogen-bond acceptors (Lipinski definition) is 10. The Labute approximate surface area is 281 Å². The van der Waals surface area contributed by atoms with Crippen molar-refractivity contribution in [2.24, 2.45) is 0 Å². The number of nitriles is 1. The van der Waals surface area contributed by atoms with Gasteiger partial charge < -0.3 is 28.4 Å². The van der Waals surface area contributed by atoms with Crippen LogP contribution in [0.3, 0.4) is 0 Å². The number of carbonyl (C=O) groups excluding carboxylic acids is 1. The highest BCUT2D eigenvalue weighted by molar-refractivity contribution is 7.86. The summed E-state index contributed by atoms with van der Waals surface area (Å²) in [4.78, 5) is 13.0. The van der Waals surface area contributed by atoms with Crippen molar-refractivity contribution in [2.45, 2.75) is 86.4 Å². The zero-order valence-electron chi connectivity index (χ0n) is 25.4. The molecule has 264 valence electrons. The molecule has 6 atom stereocenters. The molecule has 5 rings (SSSR count). The van der Waals surface area contributed by atoms with Gasteiger partial charge in [-0.15, -0.1) is 0 Å². The molecule has 1 amide bonds. The summed E-state index contributed by atoms with van der Waals surface area (Å²) in [7, 11) is -3.12. The van der Waals surface area contributed by atoms with E-state index in [4.69, 9.17) is 51.6 Å². The fourth-order valence-electron chi connectivity index (χ4n) is 5.51. The zero-order chi connectivity index (χ0) is 35.7. The van der Waals surface area contributed by atoms with Gasteiger partial charge in [-0.25, -0.2) is 13.7 Å². The van der Waals surface area contributed by atoms with E-state index in [0.29, 0.717) is 21.7 Å². The summed E-state index contributed by atoms with van der Waals surface area (Å²) in [6.45, 7) is 6.46. The number of fused-ring (bicyclic) bond motifs is 1. The average molecular weight is 751 g/mol. The number of benzene rings is 1. The number of aromatic nitrogens is 2. The van der Waals surface area contributed by atoms with Crippen LogP contribution >= 0.6 is 23.2 Å². The van der Waals surface area contributed by atoms with Gasteiger partial charge in [-0.1, -0.05) is 23.2 Å². The number of nitrogens with zero attached hydrogens (tertiary/aromatic N) is 4. The first kappa shape index (κ1) is 36.6. The summed E-state index contributed by atoms with van der Waals surface area (Å²) < 4.78 is 130. The van der Waals surface area contributed by atoms with Gasteiger partial charge in [0, 0.05) is 7.05 Å². The maximum atomic E-state index is 13.9. The molecule has 4 heterocycles. The van der Waals surface area contributed by atoms with Gasteiger partial charge in [-0.3, -0.25) is 4.90 Å². The smallest absolute Gasteiger partial charge is 0.440 e. The van der Waals surface area contributed by atoms with Gasteiger partial charge >= 0.3 is 17.8 Å². The monoisotopic (exact) mass is 750 g/mol. The van der Waals surface area contributed by atoms with Crippen LogP contribution in [0.2, 0.25) is 10.0 Å². The van der Waals surface area contributed by atoms with Crippen molar-refractivity contribution in [3.05, 3.63) is 33.4 Å². The topological polar surface area (TPSA) is 134 Å². The molecular weight excluding hydrogens is 725 g/mol. The predicted octanol–water partition coefficient (Wildman–Crippen LogP) is 5.71. The Morgan fingerprint density at radius 2 is 1.62 bits per heavy atom. The molecule has 21 heteroatoms. The van der Waals surface area contributed by atoms with Crippen LogP contribution in [0.4, 0.5) is 37.0 Å². The second kappa shape index (κ2) is 12.6. The number of rotatable bonds is 5. The van der Waals surface area contributed by atoms with Gasteiger partial charge in [0.1, 0.15) is 41.1 Å². The van der Waals surface area contributed by atoms with E-state index < -0.39 is 108 Å². The van der Waals surface area contributed by atoms with E-state index in [-0.39, 0.29) is 13.2 Å². The highest BCUT2D eigenvalue weighted by atomic mass is 35.5. The summed E-state index contributed by atoms with van der Waals surface area (Å²) in [5.74, 6) is -3.20. The lowest BCUT2D eigenvalue weighted by Crippen LogP contribution is -2.58. The third kappa shape index (κ3) is 6.99. The van der Waals surface area contributed by atoms with Crippen LogP contribution < -0.4 is 4.90 Å². The van der Waals surface area contributed by atoms with Gasteiger partial charge in [0.25, 0.3) is 0 Å². The molecule has 0 aliphatic carbocycles. The number of amides is 1. The van der Waals surface area contributed by atoms with Gasteiger partial charge in [-0.05, 0) is 39.8 Å². The van der Waals surface area contributed by atoms with Crippen molar-refractivity contribution in [1.82, 2.24) is 9.78 Å². The van der Waals surface area contributed by atoms with Crippen LogP contribution in [0.15, 0.2) is 17.0 Å². The molecule has 3 fully saturated rings. The van der Waals surface area contributed by atoms with E-state index in [2.05, 4.69) is 5.10 Å². The first-order valence-corrected chi connectivity index (χ1v) is 15.8. The van der Waals surface area contributed by atoms with Crippen molar-refractivity contribution in [3.8, 4) is 11.8 Å². The quantitative estimate of drug-likeness (QED) is 0.350. The van der Waals surface area contributed by atoms with E-state index in [1.165, 1.54) is 6.07 Å². The van der Waals surface area contributed by atoms with E-state index >= 15 is 0 Å². The summed E-state index contributed by atoms with van der Waals surface area (Å²) in [5.41, 5.74) is -8.56. The van der Waals surface area contributed by atoms with Crippen LogP contribution in [0.25, 0.3) is 5.69 Å². The molecule has 48 heavy (non-hydrogen) atoms. The molecule has 3 aliphatic heterocycles. The minimum Gasteiger partial charge on any atom is -0.440 e. The SMILES string of the molecule is CN(C(=O)OC1C(C2COC(C)(C)O2)OCC2OC(C)(C)OC21)c1c(S(=O)C(F)(F)F)c(C#N)nn1-c1c(Cl)cc(C(F)(F)F)cc1Cl. The normalized spacial score (nSPS) is 27.3. The molecule has 0 saturated carbocycles. The van der Waals surface area contributed by atoms with Crippen molar-refractivity contribution in [1.29, 1.82) is 5.26 Å². The summed E-state index contributed by atoms with van der Waals surface area (Å²) in [6.07, 6.45) is -11.3.